The molecule has 23 heavy (non-hydrogen) atoms. The van der Waals surface area contributed by atoms with Gasteiger partial charge < -0.3 is 14.6 Å². The Morgan fingerprint density at radius 3 is 1.74 bits per heavy atom. The van der Waals surface area contributed by atoms with Crippen molar-refractivity contribution in [2.45, 2.75) is 34.6 Å². The molecule has 1 aromatic carbocycles. The zero-order valence-electron chi connectivity index (χ0n) is 14.0. The van der Waals surface area contributed by atoms with Gasteiger partial charge in [0.05, 0.1) is 17.4 Å². The lowest BCUT2D eigenvalue weighted by Gasteiger charge is -2.15. The van der Waals surface area contributed by atoms with Crippen molar-refractivity contribution < 1.29 is 29.0 Å². The van der Waals surface area contributed by atoms with Gasteiger partial charge in [0, 0.05) is 6.07 Å². The molecular formula is C17H22O6. The van der Waals surface area contributed by atoms with Crippen LogP contribution in [-0.2, 0) is 9.59 Å². The van der Waals surface area contributed by atoms with Gasteiger partial charge in [-0.15, -0.1) is 0 Å². The second kappa shape index (κ2) is 7.76. The van der Waals surface area contributed by atoms with E-state index in [0.717, 1.165) is 0 Å². The van der Waals surface area contributed by atoms with Crippen molar-refractivity contribution in [3.63, 3.8) is 0 Å². The van der Waals surface area contributed by atoms with Crippen molar-refractivity contribution >= 4 is 17.9 Å². The molecule has 0 spiro atoms. The quantitative estimate of drug-likeness (QED) is 0.639. The van der Waals surface area contributed by atoms with Gasteiger partial charge in [0.2, 0.25) is 0 Å². The highest BCUT2D eigenvalue weighted by molar-refractivity contribution is 5.89. The zero-order valence-corrected chi connectivity index (χ0v) is 14.0. The Hall–Kier alpha value is -2.37. The molecule has 0 aromatic heterocycles. The molecule has 6 nitrogen and oxygen atoms in total. The number of benzene rings is 1. The van der Waals surface area contributed by atoms with Crippen LogP contribution in [0.2, 0.25) is 0 Å². The van der Waals surface area contributed by atoms with Crippen LogP contribution in [-0.4, -0.2) is 23.0 Å². The Morgan fingerprint density at radius 2 is 1.35 bits per heavy atom. The van der Waals surface area contributed by atoms with Gasteiger partial charge in [-0.2, -0.15) is 0 Å². The van der Waals surface area contributed by atoms with E-state index in [9.17, 15) is 14.4 Å². The van der Waals surface area contributed by atoms with Gasteiger partial charge in [-0.3, -0.25) is 9.59 Å². The van der Waals surface area contributed by atoms with Gasteiger partial charge in [-0.25, -0.2) is 4.79 Å². The van der Waals surface area contributed by atoms with Crippen LogP contribution >= 0.6 is 0 Å². The molecule has 0 fully saturated rings. The summed E-state index contributed by atoms with van der Waals surface area (Å²) in [4.78, 5) is 34.8. The molecule has 0 amide bonds. The van der Waals surface area contributed by atoms with Crippen LogP contribution in [0.15, 0.2) is 18.2 Å². The molecule has 1 rings (SSSR count). The summed E-state index contributed by atoms with van der Waals surface area (Å²) < 4.78 is 10.3. The number of aromatic carboxylic acids is 1. The van der Waals surface area contributed by atoms with Crippen LogP contribution in [0.4, 0.5) is 0 Å². The van der Waals surface area contributed by atoms with Crippen molar-refractivity contribution in [3.8, 4) is 11.5 Å². The topological polar surface area (TPSA) is 89.9 Å². The molecule has 0 saturated heterocycles. The van der Waals surface area contributed by atoms with Gasteiger partial charge in [0.25, 0.3) is 0 Å². The molecule has 6 heteroatoms. The minimum Gasteiger partial charge on any atom is -0.478 e. The number of rotatable bonds is 6. The molecule has 126 valence electrons. The van der Waals surface area contributed by atoms with E-state index < -0.39 is 17.9 Å². The molecule has 1 unspecified atom stereocenters. The van der Waals surface area contributed by atoms with Gasteiger partial charge >= 0.3 is 17.9 Å². The maximum absolute atomic E-state index is 12.0. The first-order chi connectivity index (χ1) is 10.6. The number of esters is 2. The minimum absolute atomic E-state index is 0.0311. The molecule has 0 aliphatic heterocycles. The number of hydrogen-bond donors (Lipinski definition) is 1. The van der Waals surface area contributed by atoms with Crippen LogP contribution in [0, 0.1) is 17.8 Å². The normalized spacial score (nSPS) is 12.1. The second-order valence-corrected chi connectivity index (χ2v) is 6.03. The predicted molar refractivity (Wildman–Crippen MR) is 83.5 cm³/mol. The standard InChI is InChI=1S/C17H22O6/c1-9(2)11(5)17(21)23-14-7-12(15(18)19)6-13(8-14)22-16(20)10(3)4/h6-11H,1-5H3,(H,18,19). The molecule has 0 radical (unpaired) electrons. The van der Waals surface area contributed by atoms with E-state index in [4.69, 9.17) is 14.6 Å². The number of carboxylic acids is 1. The molecule has 0 bridgehead atoms. The van der Waals surface area contributed by atoms with E-state index in [0.29, 0.717) is 0 Å². The Morgan fingerprint density at radius 1 is 0.870 bits per heavy atom. The van der Waals surface area contributed by atoms with E-state index in [1.807, 2.05) is 13.8 Å². The van der Waals surface area contributed by atoms with Crippen molar-refractivity contribution in [3.05, 3.63) is 23.8 Å². The lowest BCUT2D eigenvalue weighted by molar-refractivity contribution is -0.139. The summed E-state index contributed by atoms with van der Waals surface area (Å²) in [5.41, 5.74) is -0.126. The number of hydrogen-bond acceptors (Lipinski definition) is 5. The number of carboxylic acid groups (broad SMARTS) is 1. The van der Waals surface area contributed by atoms with Crippen LogP contribution in [0.25, 0.3) is 0 Å². The van der Waals surface area contributed by atoms with E-state index in [1.54, 1.807) is 20.8 Å². The first-order valence-electron chi connectivity index (χ1n) is 7.43. The SMILES string of the molecule is CC(C)C(=O)Oc1cc(OC(=O)C(C)C(C)C)cc(C(=O)O)c1. The van der Waals surface area contributed by atoms with Crippen LogP contribution in [0.3, 0.4) is 0 Å². The summed E-state index contributed by atoms with van der Waals surface area (Å²) in [6, 6.07) is 3.77. The molecule has 0 saturated carbocycles. The summed E-state index contributed by atoms with van der Waals surface area (Å²) in [6.07, 6.45) is 0. The van der Waals surface area contributed by atoms with E-state index in [2.05, 4.69) is 0 Å². The van der Waals surface area contributed by atoms with Gasteiger partial charge in [-0.05, 0) is 18.1 Å². The monoisotopic (exact) mass is 322 g/mol. The van der Waals surface area contributed by atoms with Crippen LogP contribution in [0.1, 0.15) is 45.0 Å². The first-order valence-corrected chi connectivity index (χ1v) is 7.43. The summed E-state index contributed by atoms with van der Waals surface area (Å²) in [5.74, 6) is -2.73. The van der Waals surface area contributed by atoms with E-state index in [-0.39, 0.29) is 34.8 Å². The molecule has 0 aliphatic carbocycles. The summed E-state index contributed by atoms with van der Waals surface area (Å²) in [7, 11) is 0. The summed E-state index contributed by atoms with van der Waals surface area (Å²) in [6.45, 7) is 8.82. The van der Waals surface area contributed by atoms with Crippen molar-refractivity contribution in [1.29, 1.82) is 0 Å². The highest BCUT2D eigenvalue weighted by Crippen LogP contribution is 2.25. The minimum atomic E-state index is -1.21. The van der Waals surface area contributed by atoms with Crippen LogP contribution < -0.4 is 9.47 Å². The molecule has 1 N–H and O–H groups in total. The third kappa shape index (κ3) is 5.39. The van der Waals surface area contributed by atoms with Crippen molar-refractivity contribution in [1.82, 2.24) is 0 Å². The maximum Gasteiger partial charge on any atom is 0.335 e. The average molecular weight is 322 g/mol. The van der Waals surface area contributed by atoms with E-state index in [1.165, 1.54) is 18.2 Å². The number of carbonyl (C=O) groups is 3. The second-order valence-electron chi connectivity index (χ2n) is 6.03. The zero-order chi connectivity index (χ0) is 17.7. The average Bonchev–Trinajstić information content (AvgIpc) is 2.45. The Kier molecular flexibility index (Phi) is 6.30. The fourth-order valence-corrected chi connectivity index (χ4v) is 1.53. The maximum atomic E-state index is 12.0. The van der Waals surface area contributed by atoms with Gasteiger partial charge in [0.15, 0.2) is 0 Å². The first kappa shape index (κ1) is 18.7. The molecule has 1 atom stereocenters. The number of ether oxygens (including phenoxy) is 2. The van der Waals surface area contributed by atoms with Gasteiger partial charge in [0.1, 0.15) is 11.5 Å². The highest BCUT2D eigenvalue weighted by Gasteiger charge is 2.20. The third-order valence-electron chi connectivity index (χ3n) is 3.41. The predicted octanol–water partition coefficient (Wildman–Crippen LogP) is 3.14. The number of carbonyl (C=O) groups excluding carboxylic acids is 2. The Labute approximate surface area is 135 Å². The Bertz CT molecular complexity index is 603. The lowest BCUT2D eigenvalue weighted by Crippen LogP contribution is -2.22. The highest BCUT2D eigenvalue weighted by atomic mass is 16.5. The van der Waals surface area contributed by atoms with Crippen molar-refractivity contribution in [2.24, 2.45) is 17.8 Å². The van der Waals surface area contributed by atoms with Crippen molar-refractivity contribution in [2.75, 3.05) is 0 Å². The Balaban J connectivity index is 3.07. The van der Waals surface area contributed by atoms with Crippen LogP contribution in [0.5, 0.6) is 11.5 Å². The van der Waals surface area contributed by atoms with E-state index >= 15 is 0 Å². The molecule has 1 aromatic rings. The molecule has 0 aliphatic rings. The fourth-order valence-electron chi connectivity index (χ4n) is 1.53. The smallest absolute Gasteiger partial charge is 0.335 e. The summed E-state index contributed by atoms with van der Waals surface area (Å²) >= 11 is 0. The fraction of sp³-hybridized carbons (Fsp3) is 0.471. The molecular weight excluding hydrogens is 300 g/mol. The van der Waals surface area contributed by atoms with Gasteiger partial charge in [-0.1, -0.05) is 34.6 Å². The largest absolute Gasteiger partial charge is 0.478 e. The lowest BCUT2D eigenvalue weighted by atomic mass is 9.98. The summed E-state index contributed by atoms with van der Waals surface area (Å²) in [5, 5.41) is 9.13. The molecule has 0 heterocycles. The third-order valence-corrected chi connectivity index (χ3v) is 3.41.